The molecule has 1 aliphatic heterocycles. The van der Waals surface area contributed by atoms with Crippen LogP contribution in [-0.2, 0) is 16.1 Å². The van der Waals surface area contributed by atoms with E-state index in [1.54, 1.807) is 31.2 Å². The van der Waals surface area contributed by atoms with Crippen molar-refractivity contribution >= 4 is 5.97 Å². The number of nitro groups is 1. The third-order valence-electron chi connectivity index (χ3n) is 6.52. The van der Waals surface area contributed by atoms with Crippen LogP contribution in [0.1, 0.15) is 44.4 Å². The minimum Gasteiger partial charge on any atom is -0.480 e. The fourth-order valence-corrected chi connectivity index (χ4v) is 4.60. The van der Waals surface area contributed by atoms with E-state index >= 15 is 0 Å². The Kier molecular flexibility index (Phi) is 7.08. The molecule has 0 unspecified atom stereocenters. The lowest BCUT2D eigenvalue weighted by molar-refractivity contribution is -0.536. The van der Waals surface area contributed by atoms with Gasteiger partial charge in [-0.1, -0.05) is 80.9 Å². The average molecular weight is 427 g/mol. The Morgan fingerprint density at radius 2 is 1.77 bits per heavy atom. The SMILES string of the molecule is CC[C@H](C)[C@H](OCc1ccccc1)[C@H]1[C@H]([N+](=O)[O-])[C@H](c2ccccc2)N[C@]1(C)C(=O)O. The largest absolute Gasteiger partial charge is 0.480 e. The van der Waals surface area contributed by atoms with Gasteiger partial charge in [0.2, 0.25) is 6.04 Å². The van der Waals surface area contributed by atoms with E-state index in [9.17, 15) is 20.0 Å². The zero-order chi connectivity index (χ0) is 22.6. The lowest BCUT2D eigenvalue weighted by Crippen LogP contribution is -2.56. The maximum absolute atomic E-state index is 12.4. The van der Waals surface area contributed by atoms with Crippen molar-refractivity contribution < 1.29 is 19.6 Å². The lowest BCUT2D eigenvalue weighted by atomic mass is 9.75. The van der Waals surface area contributed by atoms with Crippen molar-refractivity contribution in [2.75, 3.05) is 0 Å². The second-order valence-corrected chi connectivity index (χ2v) is 8.49. The minimum atomic E-state index is -1.51. The minimum absolute atomic E-state index is 0.0637. The third-order valence-corrected chi connectivity index (χ3v) is 6.52. The number of carbonyl (C=O) groups is 1. The fourth-order valence-electron chi connectivity index (χ4n) is 4.60. The summed E-state index contributed by atoms with van der Waals surface area (Å²) < 4.78 is 6.27. The summed E-state index contributed by atoms with van der Waals surface area (Å²) in [6, 6.07) is 16.7. The van der Waals surface area contributed by atoms with Crippen LogP contribution in [0.3, 0.4) is 0 Å². The molecule has 1 fully saturated rings. The summed E-state index contributed by atoms with van der Waals surface area (Å²) in [5.74, 6) is -2.03. The molecule has 1 saturated heterocycles. The molecule has 2 N–H and O–H groups in total. The highest BCUT2D eigenvalue weighted by molar-refractivity contribution is 5.80. The summed E-state index contributed by atoms with van der Waals surface area (Å²) >= 11 is 0. The Balaban J connectivity index is 2.03. The van der Waals surface area contributed by atoms with Gasteiger partial charge in [0, 0.05) is 4.92 Å². The number of hydrogen-bond acceptors (Lipinski definition) is 5. The van der Waals surface area contributed by atoms with E-state index in [-0.39, 0.29) is 17.4 Å². The number of carboxylic acid groups (broad SMARTS) is 1. The summed E-state index contributed by atoms with van der Waals surface area (Å²) in [5.41, 5.74) is 0.129. The van der Waals surface area contributed by atoms with E-state index in [0.717, 1.165) is 5.56 Å². The number of nitrogens with zero attached hydrogens (tertiary/aromatic N) is 1. The molecule has 0 saturated carbocycles. The summed E-state index contributed by atoms with van der Waals surface area (Å²) in [7, 11) is 0. The van der Waals surface area contributed by atoms with Crippen LogP contribution in [0, 0.1) is 22.0 Å². The van der Waals surface area contributed by atoms with Crippen LogP contribution in [0.25, 0.3) is 0 Å². The summed E-state index contributed by atoms with van der Waals surface area (Å²) in [5, 5.41) is 25.6. The fraction of sp³-hybridized carbons (Fsp3) is 0.458. The van der Waals surface area contributed by atoms with Crippen LogP contribution in [0.5, 0.6) is 0 Å². The molecular formula is C24H30N2O5. The van der Waals surface area contributed by atoms with Gasteiger partial charge in [-0.2, -0.15) is 0 Å². The van der Waals surface area contributed by atoms with E-state index in [1.165, 1.54) is 0 Å². The van der Waals surface area contributed by atoms with E-state index in [4.69, 9.17) is 4.74 Å². The van der Waals surface area contributed by atoms with Crippen molar-refractivity contribution in [2.45, 2.75) is 57.5 Å². The van der Waals surface area contributed by atoms with Gasteiger partial charge in [0.15, 0.2) is 0 Å². The van der Waals surface area contributed by atoms with E-state index in [0.29, 0.717) is 12.0 Å². The van der Waals surface area contributed by atoms with Crippen LogP contribution >= 0.6 is 0 Å². The van der Waals surface area contributed by atoms with E-state index in [2.05, 4.69) is 5.32 Å². The molecule has 6 atom stereocenters. The van der Waals surface area contributed by atoms with Gasteiger partial charge < -0.3 is 9.84 Å². The normalized spacial score (nSPS) is 27.5. The van der Waals surface area contributed by atoms with Gasteiger partial charge in [-0.25, -0.2) is 0 Å². The van der Waals surface area contributed by atoms with Gasteiger partial charge in [-0.05, 0) is 24.0 Å². The molecule has 31 heavy (non-hydrogen) atoms. The van der Waals surface area contributed by atoms with Gasteiger partial charge >= 0.3 is 5.97 Å². The monoisotopic (exact) mass is 426 g/mol. The molecule has 2 aromatic rings. The Labute approximate surface area is 182 Å². The maximum atomic E-state index is 12.4. The Morgan fingerprint density at radius 1 is 1.19 bits per heavy atom. The summed E-state index contributed by atoms with van der Waals surface area (Å²) in [4.78, 5) is 24.4. The second kappa shape index (κ2) is 9.58. The van der Waals surface area contributed by atoms with Crippen molar-refractivity contribution in [3.8, 4) is 0 Å². The van der Waals surface area contributed by atoms with Gasteiger partial charge in [0.05, 0.1) is 18.6 Å². The maximum Gasteiger partial charge on any atom is 0.324 e. The van der Waals surface area contributed by atoms with Crippen LogP contribution < -0.4 is 5.32 Å². The van der Waals surface area contributed by atoms with Crippen molar-refractivity contribution in [1.29, 1.82) is 0 Å². The molecule has 0 radical (unpaired) electrons. The van der Waals surface area contributed by atoms with Crippen LogP contribution in [0.4, 0.5) is 0 Å². The number of benzene rings is 2. The van der Waals surface area contributed by atoms with Crippen LogP contribution in [0.2, 0.25) is 0 Å². The number of nitrogens with one attached hydrogen (secondary N) is 1. The predicted molar refractivity (Wildman–Crippen MR) is 117 cm³/mol. The highest BCUT2D eigenvalue weighted by Crippen LogP contribution is 2.44. The standard InChI is InChI=1S/C24H30N2O5/c1-4-16(2)22(31-15-17-11-7-5-8-12-17)19-21(26(29)30)20(18-13-9-6-10-14-18)25-24(19,3)23(27)28/h5-14,16,19-22,25H,4,15H2,1-3H3,(H,27,28)/t16-,19+,20-,21-,22-,24-/m0/s1. The van der Waals surface area contributed by atoms with Crippen LogP contribution in [0.15, 0.2) is 60.7 Å². The lowest BCUT2D eigenvalue weighted by Gasteiger charge is -2.36. The molecule has 0 aromatic heterocycles. The number of carboxylic acids is 1. The summed E-state index contributed by atoms with van der Waals surface area (Å²) in [6.45, 7) is 5.76. The molecule has 3 rings (SSSR count). The first-order valence-electron chi connectivity index (χ1n) is 10.6. The topological polar surface area (TPSA) is 102 Å². The third kappa shape index (κ3) is 4.62. The number of rotatable bonds is 9. The number of hydrogen-bond donors (Lipinski definition) is 2. The number of aliphatic carboxylic acids is 1. The molecule has 0 spiro atoms. The number of ether oxygens (including phenoxy) is 1. The molecule has 0 amide bonds. The Morgan fingerprint density at radius 3 is 2.29 bits per heavy atom. The van der Waals surface area contributed by atoms with Gasteiger partial charge in [0.25, 0.3) is 0 Å². The van der Waals surface area contributed by atoms with Gasteiger partial charge in [0.1, 0.15) is 11.6 Å². The predicted octanol–water partition coefficient (Wildman–Crippen LogP) is 4.07. The van der Waals surface area contributed by atoms with Crippen molar-refractivity contribution in [3.05, 3.63) is 81.9 Å². The van der Waals surface area contributed by atoms with Crippen molar-refractivity contribution in [2.24, 2.45) is 11.8 Å². The zero-order valence-corrected chi connectivity index (χ0v) is 18.1. The molecule has 0 bridgehead atoms. The molecule has 7 nitrogen and oxygen atoms in total. The first kappa shape index (κ1) is 22.9. The van der Waals surface area contributed by atoms with Crippen LogP contribution in [-0.4, -0.2) is 33.7 Å². The van der Waals surface area contributed by atoms with E-state index < -0.39 is 35.6 Å². The second-order valence-electron chi connectivity index (χ2n) is 8.49. The highest BCUT2D eigenvalue weighted by atomic mass is 16.6. The zero-order valence-electron chi connectivity index (χ0n) is 18.1. The molecule has 0 aliphatic carbocycles. The Hall–Kier alpha value is -2.77. The first-order chi connectivity index (χ1) is 14.8. The van der Waals surface area contributed by atoms with Crippen molar-refractivity contribution in [1.82, 2.24) is 5.32 Å². The van der Waals surface area contributed by atoms with Crippen molar-refractivity contribution in [3.63, 3.8) is 0 Å². The smallest absolute Gasteiger partial charge is 0.324 e. The van der Waals surface area contributed by atoms with E-state index in [1.807, 2.05) is 50.2 Å². The molecular weight excluding hydrogens is 396 g/mol. The molecule has 1 heterocycles. The molecule has 1 aliphatic rings. The quantitative estimate of drug-likeness (QED) is 0.463. The Bertz CT molecular complexity index is 891. The summed E-state index contributed by atoms with van der Waals surface area (Å²) in [6.07, 6.45) is 0.106. The highest BCUT2D eigenvalue weighted by Gasteiger charge is 2.64. The molecule has 7 heteroatoms. The average Bonchev–Trinajstić information content (AvgIpc) is 3.10. The van der Waals surface area contributed by atoms with Gasteiger partial charge in [-0.3, -0.25) is 20.2 Å². The molecule has 166 valence electrons. The van der Waals surface area contributed by atoms with Gasteiger partial charge in [-0.15, -0.1) is 0 Å². The molecule has 2 aromatic carbocycles. The first-order valence-corrected chi connectivity index (χ1v) is 10.6.